The lowest BCUT2D eigenvalue weighted by molar-refractivity contribution is -0.384. The molecule has 1 atom stereocenters. The van der Waals surface area contributed by atoms with E-state index in [0.717, 1.165) is 17.8 Å². The molecule has 3 aromatic rings. The van der Waals surface area contributed by atoms with E-state index in [4.69, 9.17) is 11.6 Å². The molecular weight excluding hydrogens is 445 g/mol. The summed E-state index contributed by atoms with van der Waals surface area (Å²) in [4.78, 5) is 29.8. The smallest absolute Gasteiger partial charge is 0.324 e. The van der Waals surface area contributed by atoms with Gasteiger partial charge < -0.3 is 5.32 Å². The molecular formula is C18H12ClF3N4O3S. The fourth-order valence-corrected chi connectivity index (χ4v) is 3.60. The van der Waals surface area contributed by atoms with E-state index in [-0.39, 0.29) is 26.9 Å². The fraction of sp³-hybridized carbons (Fsp3) is 0.167. The number of fused-ring (bicyclic) bond motifs is 1. The molecule has 1 N–H and O–H groups in total. The lowest BCUT2D eigenvalue weighted by Crippen LogP contribution is -2.23. The number of halogens is 4. The van der Waals surface area contributed by atoms with Crippen molar-refractivity contribution in [2.24, 2.45) is 0 Å². The number of rotatable bonds is 5. The van der Waals surface area contributed by atoms with E-state index in [0.29, 0.717) is 5.39 Å². The van der Waals surface area contributed by atoms with Crippen molar-refractivity contribution < 1.29 is 22.9 Å². The van der Waals surface area contributed by atoms with Gasteiger partial charge in [-0.15, -0.1) is 0 Å². The quantitative estimate of drug-likeness (QED) is 0.241. The molecule has 7 nitrogen and oxygen atoms in total. The number of thioether (sulfide) groups is 1. The lowest BCUT2D eigenvalue weighted by atomic mass is 10.2. The van der Waals surface area contributed by atoms with Crippen molar-refractivity contribution in [3.05, 3.63) is 63.4 Å². The summed E-state index contributed by atoms with van der Waals surface area (Å²) in [5, 5.41) is 12.8. The van der Waals surface area contributed by atoms with E-state index < -0.39 is 28.1 Å². The second-order valence-electron chi connectivity index (χ2n) is 6.04. The zero-order valence-electron chi connectivity index (χ0n) is 15.1. The Morgan fingerprint density at radius 1 is 1.23 bits per heavy atom. The lowest BCUT2D eigenvalue weighted by Gasteiger charge is -2.15. The number of benzene rings is 2. The summed E-state index contributed by atoms with van der Waals surface area (Å²) >= 11 is 6.79. The van der Waals surface area contributed by atoms with Crippen LogP contribution >= 0.6 is 23.4 Å². The summed E-state index contributed by atoms with van der Waals surface area (Å²) in [5.74, 6) is -1.86. The molecule has 0 spiro atoms. The molecule has 30 heavy (non-hydrogen) atoms. The van der Waals surface area contributed by atoms with E-state index in [1.54, 1.807) is 18.2 Å². The molecule has 0 bridgehead atoms. The summed E-state index contributed by atoms with van der Waals surface area (Å²) in [5.41, 5.74) is 0.00384. The molecule has 0 fully saturated rings. The standard InChI is InChI=1S/C18H12ClF3N4O3S/c1-9(15(27)23-14-7-6-10(26(28)29)8-12(14)19)30-16-11-4-2-3-5-13(11)24-17(25-16)18(20,21)22/h2-9H,1H3,(H,23,27). The maximum absolute atomic E-state index is 13.1. The number of non-ortho nitro benzene ring substituents is 1. The average Bonchev–Trinajstić information content (AvgIpc) is 2.68. The van der Waals surface area contributed by atoms with Gasteiger partial charge in [-0.25, -0.2) is 9.97 Å². The predicted octanol–water partition coefficient (Wildman–Crippen LogP) is 5.33. The largest absolute Gasteiger partial charge is 0.451 e. The number of carbonyl (C=O) groups excluding carboxylic acids is 1. The first kappa shape index (κ1) is 21.8. The summed E-state index contributed by atoms with van der Waals surface area (Å²) in [6, 6.07) is 9.71. The molecule has 0 aliphatic heterocycles. The van der Waals surface area contributed by atoms with Crippen molar-refractivity contribution in [2.45, 2.75) is 23.4 Å². The van der Waals surface area contributed by atoms with E-state index in [9.17, 15) is 28.1 Å². The van der Waals surface area contributed by atoms with E-state index in [1.165, 1.54) is 25.1 Å². The zero-order valence-corrected chi connectivity index (χ0v) is 16.7. The number of para-hydroxylation sites is 1. The Bertz CT molecular complexity index is 1140. The van der Waals surface area contributed by atoms with Gasteiger partial charge in [-0.1, -0.05) is 41.6 Å². The molecule has 0 radical (unpaired) electrons. The number of aromatic nitrogens is 2. The number of nitro benzene ring substituents is 1. The Morgan fingerprint density at radius 3 is 2.57 bits per heavy atom. The number of carbonyl (C=O) groups is 1. The van der Waals surface area contributed by atoms with Gasteiger partial charge in [-0.2, -0.15) is 13.2 Å². The number of hydrogen-bond acceptors (Lipinski definition) is 6. The van der Waals surface area contributed by atoms with Crippen LogP contribution in [-0.4, -0.2) is 26.0 Å². The van der Waals surface area contributed by atoms with Gasteiger partial charge in [0.25, 0.3) is 5.69 Å². The number of nitrogens with one attached hydrogen (secondary N) is 1. The molecule has 12 heteroatoms. The molecule has 0 saturated carbocycles. The van der Waals surface area contributed by atoms with E-state index >= 15 is 0 Å². The second kappa shape index (κ2) is 8.44. The Hall–Kier alpha value is -2.92. The first-order chi connectivity index (χ1) is 14.1. The first-order valence-electron chi connectivity index (χ1n) is 8.31. The van der Waals surface area contributed by atoms with E-state index in [2.05, 4.69) is 15.3 Å². The normalized spacial score (nSPS) is 12.6. The summed E-state index contributed by atoms with van der Waals surface area (Å²) in [7, 11) is 0. The van der Waals surface area contributed by atoms with Gasteiger partial charge >= 0.3 is 6.18 Å². The van der Waals surface area contributed by atoms with Crippen molar-refractivity contribution in [2.75, 3.05) is 5.32 Å². The highest BCUT2D eigenvalue weighted by molar-refractivity contribution is 8.00. The minimum absolute atomic E-state index is 0.00497. The molecule has 1 heterocycles. The second-order valence-corrected chi connectivity index (χ2v) is 7.77. The van der Waals surface area contributed by atoms with Crippen LogP contribution in [0.2, 0.25) is 5.02 Å². The molecule has 3 rings (SSSR count). The number of nitrogens with zero attached hydrogens (tertiary/aromatic N) is 3. The van der Waals surface area contributed by atoms with Crippen molar-refractivity contribution >= 4 is 51.5 Å². The summed E-state index contributed by atoms with van der Waals surface area (Å²) in [6.07, 6.45) is -4.74. The molecule has 0 aliphatic carbocycles. The topological polar surface area (TPSA) is 98.0 Å². The van der Waals surface area contributed by atoms with Gasteiger partial charge in [0.05, 0.1) is 26.4 Å². The highest BCUT2D eigenvalue weighted by Crippen LogP contribution is 2.34. The van der Waals surface area contributed by atoms with Crippen LogP contribution in [0, 0.1) is 10.1 Å². The third-order valence-corrected chi connectivity index (χ3v) is 5.32. The maximum atomic E-state index is 13.1. The molecule has 1 aromatic heterocycles. The fourth-order valence-electron chi connectivity index (χ4n) is 2.44. The third-order valence-electron chi connectivity index (χ3n) is 3.90. The SMILES string of the molecule is CC(Sc1nc(C(F)(F)F)nc2ccccc12)C(=O)Nc1ccc([N+](=O)[O-])cc1Cl. The highest BCUT2D eigenvalue weighted by Gasteiger charge is 2.36. The van der Waals surface area contributed by atoms with Gasteiger partial charge in [0.15, 0.2) is 0 Å². The van der Waals surface area contributed by atoms with Crippen LogP contribution < -0.4 is 5.32 Å². The highest BCUT2D eigenvalue weighted by atomic mass is 35.5. The van der Waals surface area contributed by atoms with Crippen LogP contribution in [0.25, 0.3) is 10.9 Å². The molecule has 0 aliphatic rings. The van der Waals surface area contributed by atoms with Gasteiger partial charge in [-0.05, 0) is 19.1 Å². The minimum atomic E-state index is -4.74. The van der Waals surface area contributed by atoms with Gasteiger partial charge in [0.1, 0.15) is 5.03 Å². The Morgan fingerprint density at radius 2 is 1.93 bits per heavy atom. The number of hydrogen-bond donors (Lipinski definition) is 1. The van der Waals surface area contributed by atoms with Crippen molar-refractivity contribution in [1.82, 2.24) is 9.97 Å². The number of anilines is 1. The Balaban J connectivity index is 1.85. The van der Waals surface area contributed by atoms with E-state index in [1.807, 2.05) is 0 Å². The van der Waals surface area contributed by atoms with Gasteiger partial charge in [0.2, 0.25) is 11.7 Å². The first-order valence-corrected chi connectivity index (χ1v) is 9.57. The molecule has 1 unspecified atom stereocenters. The van der Waals surface area contributed by atoms with Crippen LogP contribution in [0.4, 0.5) is 24.5 Å². The van der Waals surface area contributed by atoms with Crippen LogP contribution in [-0.2, 0) is 11.0 Å². The maximum Gasteiger partial charge on any atom is 0.451 e. The van der Waals surface area contributed by atoms with Crippen LogP contribution in [0.1, 0.15) is 12.7 Å². The molecule has 1 amide bonds. The van der Waals surface area contributed by atoms with Crippen molar-refractivity contribution in [3.63, 3.8) is 0 Å². The van der Waals surface area contributed by atoms with Crippen molar-refractivity contribution in [3.8, 4) is 0 Å². The van der Waals surface area contributed by atoms with Gasteiger partial charge in [0, 0.05) is 17.5 Å². The number of alkyl halides is 3. The minimum Gasteiger partial charge on any atom is -0.324 e. The Kier molecular flexibility index (Phi) is 6.13. The third kappa shape index (κ3) is 4.79. The van der Waals surface area contributed by atoms with Crippen LogP contribution in [0.5, 0.6) is 0 Å². The zero-order chi connectivity index (χ0) is 22.1. The van der Waals surface area contributed by atoms with Crippen LogP contribution in [0.3, 0.4) is 0 Å². The molecule has 0 saturated heterocycles. The van der Waals surface area contributed by atoms with Crippen molar-refractivity contribution in [1.29, 1.82) is 0 Å². The number of nitro groups is 1. The molecule has 156 valence electrons. The summed E-state index contributed by atoms with van der Waals surface area (Å²) in [6.45, 7) is 1.49. The number of amides is 1. The van der Waals surface area contributed by atoms with Gasteiger partial charge in [-0.3, -0.25) is 14.9 Å². The predicted molar refractivity (Wildman–Crippen MR) is 107 cm³/mol. The van der Waals surface area contributed by atoms with Crippen LogP contribution in [0.15, 0.2) is 47.5 Å². The Labute approximate surface area is 176 Å². The summed E-state index contributed by atoms with van der Waals surface area (Å²) < 4.78 is 39.4. The average molecular weight is 457 g/mol. The molecule has 2 aromatic carbocycles. The monoisotopic (exact) mass is 456 g/mol.